The Labute approximate surface area is 164 Å². The first-order chi connectivity index (χ1) is 13.7. The van der Waals surface area contributed by atoms with E-state index in [-0.39, 0.29) is 24.4 Å². The van der Waals surface area contributed by atoms with E-state index in [1.165, 1.54) is 38.5 Å². The molecule has 2 N–H and O–H groups in total. The third-order valence-corrected chi connectivity index (χ3v) is 3.70. The molecule has 10 heteroatoms. The summed E-state index contributed by atoms with van der Waals surface area (Å²) in [5, 5.41) is 5.02. The molecule has 0 aliphatic carbocycles. The van der Waals surface area contributed by atoms with Crippen LogP contribution in [0.25, 0.3) is 0 Å². The second kappa shape index (κ2) is 9.67. The molecule has 0 saturated heterocycles. The van der Waals surface area contributed by atoms with E-state index >= 15 is 0 Å². The molecular formula is C19H19F3N2O5. The Hall–Kier alpha value is -3.43. The van der Waals surface area contributed by atoms with Gasteiger partial charge in [-0.05, 0) is 35.9 Å². The SMILES string of the molecule is COc1ccc(C(=O)NCC(=O)NCc2ccc(OC(F)(F)F)cc2)cc1OC. The highest BCUT2D eigenvalue weighted by Crippen LogP contribution is 2.27. The summed E-state index contributed by atoms with van der Waals surface area (Å²) in [4.78, 5) is 24.0. The monoisotopic (exact) mass is 412 g/mol. The van der Waals surface area contributed by atoms with Crippen LogP contribution in [0.3, 0.4) is 0 Å². The predicted molar refractivity (Wildman–Crippen MR) is 96.9 cm³/mol. The minimum Gasteiger partial charge on any atom is -0.493 e. The van der Waals surface area contributed by atoms with Crippen LogP contribution in [0.1, 0.15) is 15.9 Å². The average molecular weight is 412 g/mol. The molecule has 0 saturated carbocycles. The third kappa shape index (κ3) is 6.91. The summed E-state index contributed by atoms with van der Waals surface area (Å²) in [5.74, 6) is -0.449. The van der Waals surface area contributed by atoms with Crippen molar-refractivity contribution in [2.45, 2.75) is 12.9 Å². The normalized spacial score (nSPS) is 10.8. The molecule has 0 aromatic heterocycles. The number of amides is 2. The smallest absolute Gasteiger partial charge is 0.493 e. The second-order valence-electron chi connectivity index (χ2n) is 5.72. The number of alkyl halides is 3. The molecule has 0 aliphatic heterocycles. The first-order valence-corrected chi connectivity index (χ1v) is 8.33. The molecule has 0 unspecified atom stereocenters. The van der Waals surface area contributed by atoms with Crippen LogP contribution in [0.2, 0.25) is 0 Å². The van der Waals surface area contributed by atoms with E-state index in [1.807, 2.05) is 0 Å². The van der Waals surface area contributed by atoms with Crippen LogP contribution in [-0.4, -0.2) is 38.9 Å². The number of hydrogen-bond acceptors (Lipinski definition) is 5. The highest BCUT2D eigenvalue weighted by atomic mass is 19.4. The Morgan fingerprint density at radius 1 is 0.931 bits per heavy atom. The topological polar surface area (TPSA) is 85.9 Å². The fourth-order valence-corrected chi connectivity index (χ4v) is 2.31. The summed E-state index contributed by atoms with van der Waals surface area (Å²) in [6.45, 7) is -0.195. The van der Waals surface area contributed by atoms with Crippen LogP contribution < -0.4 is 24.8 Å². The molecule has 0 heterocycles. The van der Waals surface area contributed by atoms with Crippen molar-refractivity contribution in [2.24, 2.45) is 0 Å². The Balaban J connectivity index is 1.81. The molecule has 7 nitrogen and oxygen atoms in total. The van der Waals surface area contributed by atoms with Gasteiger partial charge >= 0.3 is 6.36 Å². The van der Waals surface area contributed by atoms with E-state index < -0.39 is 18.2 Å². The molecule has 2 rings (SSSR count). The van der Waals surface area contributed by atoms with Crippen LogP contribution in [0.5, 0.6) is 17.2 Å². The summed E-state index contributed by atoms with van der Waals surface area (Å²) in [5.41, 5.74) is 0.856. The number of hydrogen-bond donors (Lipinski definition) is 2. The van der Waals surface area contributed by atoms with Crippen molar-refractivity contribution >= 4 is 11.8 Å². The number of rotatable bonds is 8. The van der Waals surface area contributed by atoms with Crippen molar-refractivity contribution in [3.63, 3.8) is 0 Å². The molecule has 2 amide bonds. The summed E-state index contributed by atoms with van der Waals surface area (Å²) < 4.78 is 50.3. The van der Waals surface area contributed by atoms with E-state index in [0.717, 1.165) is 12.1 Å². The van der Waals surface area contributed by atoms with Crippen molar-refractivity contribution in [3.8, 4) is 17.2 Å². The third-order valence-electron chi connectivity index (χ3n) is 3.70. The van der Waals surface area contributed by atoms with Crippen molar-refractivity contribution in [1.82, 2.24) is 10.6 Å². The molecule has 29 heavy (non-hydrogen) atoms. The van der Waals surface area contributed by atoms with Gasteiger partial charge in [-0.25, -0.2) is 0 Å². The first kappa shape index (κ1) is 21.9. The Kier molecular flexibility index (Phi) is 7.29. The molecule has 0 fully saturated rings. The zero-order chi connectivity index (χ0) is 21.4. The standard InChI is InChI=1S/C19H19F3N2O5/c1-27-15-8-5-13(9-16(15)28-2)18(26)24-11-17(25)23-10-12-3-6-14(7-4-12)29-19(20,21)22/h3-9H,10-11H2,1-2H3,(H,23,25)(H,24,26). The maximum atomic E-state index is 12.1. The van der Waals surface area contributed by atoms with Crippen molar-refractivity contribution in [3.05, 3.63) is 53.6 Å². The average Bonchev–Trinajstić information content (AvgIpc) is 2.69. The molecule has 0 aliphatic rings. The highest BCUT2D eigenvalue weighted by molar-refractivity contribution is 5.97. The van der Waals surface area contributed by atoms with Crippen molar-refractivity contribution in [1.29, 1.82) is 0 Å². The van der Waals surface area contributed by atoms with Gasteiger partial charge in [0.25, 0.3) is 5.91 Å². The lowest BCUT2D eigenvalue weighted by atomic mass is 10.2. The largest absolute Gasteiger partial charge is 0.573 e. The zero-order valence-corrected chi connectivity index (χ0v) is 15.6. The number of halogens is 3. The lowest BCUT2D eigenvalue weighted by molar-refractivity contribution is -0.274. The van der Waals surface area contributed by atoms with Gasteiger partial charge in [-0.2, -0.15) is 0 Å². The fourth-order valence-electron chi connectivity index (χ4n) is 2.31. The van der Waals surface area contributed by atoms with Gasteiger partial charge in [0.2, 0.25) is 5.91 Å². The molecule has 0 spiro atoms. The van der Waals surface area contributed by atoms with Gasteiger partial charge in [-0.1, -0.05) is 12.1 Å². The zero-order valence-electron chi connectivity index (χ0n) is 15.6. The molecule has 0 atom stereocenters. The van der Waals surface area contributed by atoms with E-state index in [0.29, 0.717) is 17.1 Å². The quantitative estimate of drug-likeness (QED) is 0.696. The first-order valence-electron chi connectivity index (χ1n) is 8.33. The summed E-state index contributed by atoms with van der Waals surface area (Å²) in [6.07, 6.45) is -4.76. The van der Waals surface area contributed by atoms with Crippen LogP contribution in [0.4, 0.5) is 13.2 Å². The predicted octanol–water partition coefficient (Wildman–Crippen LogP) is 2.65. The number of ether oxygens (including phenoxy) is 3. The Morgan fingerprint density at radius 3 is 2.17 bits per heavy atom. The van der Waals surface area contributed by atoms with Crippen molar-refractivity contribution in [2.75, 3.05) is 20.8 Å². The van der Waals surface area contributed by atoms with E-state index in [4.69, 9.17) is 9.47 Å². The molecule has 156 valence electrons. The maximum absolute atomic E-state index is 12.1. The van der Waals surface area contributed by atoms with Gasteiger partial charge in [-0.3, -0.25) is 9.59 Å². The van der Waals surface area contributed by atoms with Gasteiger partial charge in [0.05, 0.1) is 20.8 Å². The number of methoxy groups -OCH3 is 2. The number of carbonyl (C=O) groups excluding carboxylic acids is 2. The molecule has 0 bridgehead atoms. The van der Waals surface area contributed by atoms with E-state index in [2.05, 4.69) is 15.4 Å². The molecule has 2 aromatic rings. The van der Waals surface area contributed by atoms with Crippen LogP contribution in [0.15, 0.2) is 42.5 Å². The van der Waals surface area contributed by atoms with Crippen molar-refractivity contribution < 1.29 is 37.0 Å². The molecule has 0 radical (unpaired) electrons. The number of carbonyl (C=O) groups is 2. The van der Waals surface area contributed by atoms with E-state index in [9.17, 15) is 22.8 Å². The van der Waals surface area contributed by atoms with Gasteiger partial charge in [0, 0.05) is 12.1 Å². The van der Waals surface area contributed by atoms with Gasteiger partial charge in [0.15, 0.2) is 11.5 Å². The van der Waals surface area contributed by atoms with Gasteiger partial charge in [0.1, 0.15) is 5.75 Å². The second-order valence-corrected chi connectivity index (χ2v) is 5.72. The minimum absolute atomic E-state index is 0.0807. The highest BCUT2D eigenvalue weighted by Gasteiger charge is 2.30. The summed E-state index contributed by atoms with van der Waals surface area (Å²) in [7, 11) is 2.91. The Bertz CT molecular complexity index is 854. The minimum atomic E-state index is -4.76. The lowest BCUT2D eigenvalue weighted by Crippen LogP contribution is -2.36. The van der Waals surface area contributed by atoms with Crippen LogP contribution in [0, 0.1) is 0 Å². The molecular weight excluding hydrogens is 393 g/mol. The van der Waals surface area contributed by atoms with Crippen LogP contribution >= 0.6 is 0 Å². The molecule has 2 aromatic carbocycles. The Morgan fingerprint density at radius 2 is 1.59 bits per heavy atom. The number of benzene rings is 2. The van der Waals surface area contributed by atoms with Gasteiger partial charge in [-0.15, -0.1) is 13.2 Å². The summed E-state index contributed by atoms with van der Waals surface area (Å²) >= 11 is 0. The number of nitrogens with one attached hydrogen (secondary N) is 2. The van der Waals surface area contributed by atoms with Gasteiger partial charge < -0.3 is 24.8 Å². The lowest BCUT2D eigenvalue weighted by Gasteiger charge is -2.11. The maximum Gasteiger partial charge on any atom is 0.573 e. The fraction of sp³-hybridized carbons (Fsp3) is 0.263. The summed E-state index contributed by atoms with van der Waals surface area (Å²) in [6, 6.07) is 9.66. The van der Waals surface area contributed by atoms with Crippen LogP contribution in [-0.2, 0) is 11.3 Å². The van der Waals surface area contributed by atoms with E-state index in [1.54, 1.807) is 6.07 Å².